The number of nitrogens with two attached hydrogens (primary N) is 1. The second-order valence-electron chi connectivity index (χ2n) is 4.02. The largest absolute Gasteiger partial charge is 0.261 e. The monoisotopic (exact) mass is 228 g/mol. The molecule has 0 bridgehead atoms. The van der Waals surface area contributed by atoms with Gasteiger partial charge in [0.25, 0.3) is 0 Å². The molecule has 4 nitrogen and oxygen atoms in total. The molecule has 1 aromatic heterocycles. The second kappa shape index (κ2) is 5.52. The van der Waals surface area contributed by atoms with Crippen LogP contribution in [0.1, 0.15) is 5.56 Å². The topological polar surface area (TPSA) is 57.7 Å². The minimum atomic E-state index is 0.852. The van der Waals surface area contributed by atoms with Gasteiger partial charge in [-0.25, -0.2) is 0 Å². The van der Waals surface area contributed by atoms with Crippen molar-refractivity contribution in [2.24, 2.45) is 5.84 Å². The molecule has 87 valence electrons. The van der Waals surface area contributed by atoms with E-state index in [-0.39, 0.29) is 0 Å². The Hall–Kier alpha value is -1.78. The van der Waals surface area contributed by atoms with Crippen molar-refractivity contribution in [3.05, 3.63) is 48.4 Å². The van der Waals surface area contributed by atoms with Gasteiger partial charge >= 0.3 is 0 Å². The SMILES string of the molecule is C[N+](N)CCc1ccc(-c2cnccn2)cc1. The predicted molar refractivity (Wildman–Crippen MR) is 68.3 cm³/mol. The van der Waals surface area contributed by atoms with Crippen LogP contribution in [0.5, 0.6) is 0 Å². The van der Waals surface area contributed by atoms with E-state index in [0.717, 1.165) is 24.2 Å². The van der Waals surface area contributed by atoms with Gasteiger partial charge in [-0.15, -0.1) is 5.84 Å². The first kappa shape index (κ1) is 11.7. The number of likely N-dealkylation sites (N-methyl/N-ethyl adjacent to an activating group) is 1. The number of hydrogen-bond donors (Lipinski definition) is 1. The lowest BCUT2D eigenvalue weighted by Gasteiger charge is -2.03. The van der Waals surface area contributed by atoms with E-state index in [9.17, 15) is 0 Å². The maximum absolute atomic E-state index is 5.58. The molecule has 0 saturated carbocycles. The maximum Gasteiger partial charge on any atom is 0.148 e. The van der Waals surface area contributed by atoms with E-state index >= 15 is 0 Å². The van der Waals surface area contributed by atoms with Crippen molar-refractivity contribution in [3.63, 3.8) is 0 Å². The summed E-state index contributed by atoms with van der Waals surface area (Å²) in [6.07, 6.45) is 6.10. The van der Waals surface area contributed by atoms with E-state index in [1.54, 1.807) is 23.6 Å². The summed E-state index contributed by atoms with van der Waals surface area (Å²) in [5, 5.41) is 1.69. The number of nitrogens with zero attached hydrogens (tertiary/aromatic N) is 3. The Morgan fingerprint density at radius 3 is 2.53 bits per heavy atom. The molecular weight excluding hydrogens is 212 g/mol. The van der Waals surface area contributed by atoms with E-state index < -0.39 is 0 Å². The summed E-state index contributed by atoms with van der Waals surface area (Å²) in [5.41, 5.74) is 3.26. The highest BCUT2D eigenvalue weighted by molar-refractivity contribution is 5.58. The van der Waals surface area contributed by atoms with Gasteiger partial charge in [0.15, 0.2) is 0 Å². The lowest BCUT2D eigenvalue weighted by atomic mass is 10.1. The highest BCUT2D eigenvalue weighted by Gasteiger charge is 2.03. The fraction of sp³-hybridized carbons (Fsp3) is 0.231. The Morgan fingerprint density at radius 2 is 1.94 bits per heavy atom. The van der Waals surface area contributed by atoms with Gasteiger partial charge in [0.2, 0.25) is 0 Å². The van der Waals surface area contributed by atoms with Gasteiger partial charge in [0.1, 0.15) is 13.6 Å². The van der Waals surface area contributed by atoms with Gasteiger partial charge in [-0.2, -0.15) is 0 Å². The van der Waals surface area contributed by atoms with E-state index in [1.807, 2.05) is 7.05 Å². The lowest BCUT2D eigenvalue weighted by molar-refractivity contribution is 0.504. The molecule has 0 spiro atoms. The molecule has 17 heavy (non-hydrogen) atoms. The summed E-state index contributed by atoms with van der Waals surface area (Å²) in [4.78, 5) is 8.32. The summed E-state index contributed by atoms with van der Waals surface area (Å²) in [6.45, 7) is 0.852. The molecular formula is C13H16N4+. The molecule has 0 saturated heterocycles. The fourth-order valence-electron chi connectivity index (χ4n) is 1.60. The van der Waals surface area contributed by atoms with Gasteiger partial charge in [-0.3, -0.25) is 9.97 Å². The molecule has 1 heterocycles. The van der Waals surface area contributed by atoms with Crippen molar-refractivity contribution in [2.75, 3.05) is 13.6 Å². The molecule has 2 N–H and O–H groups in total. The van der Waals surface area contributed by atoms with Crippen LogP contribution in [0, 0.1) is 0 Å². The Morgan fingerprint density at radius 1 is 1.18 bits per heavy atom. The van der Waals surface area contributed by atoms with Crippen LogP contribution >= 0.6 is 0 Å². The molecule has 4 heteroatoms. The number of hydrogen-bond acceptors (Lipinski definition) is 4. The highest BCUT2D eigenvalue weighted by atomic mass is 15.4. The summed E-state index contributed by atoms with van der Waals surface area (Å²) >= 11 is 0. The van der Waals surface area contributed by atoms with Crippen molar-refractivity contribution < 1.29 is 0 Å². The van der Waals surface area contributed by atoms with Crippen molar-refractivity contribution in [3.8, 4) is 11.3 Å². The van der Waals surface area contributed by atoms with E-state index in [0.29, 0.717) is 0 Å². The Balaban J connectivity index is 2.08. The van der Waals surface area contributed by atoms with Gasteiger partial charge in [-0.1, -0.05) is 29.3 Å². The second-order valence-corrected chi connectivity index (χ2v) is 4.02. The van der Waals surface area contributed by atoms with Crippen LogP contribution in [-0.2, 0) is 6.42 Å². The van der Waals surface area contributed by atoms with Crippen LogP contribution in [0.3, 0.4) is 0 Å². The van der Waals surface area contributed by atoms with Crippen LogP contribution in [0.25, 0.3) is 11.3 Å². The molecule has 0 atom stereocenters. The third-order valence-electron chi connectivity index (χ3n) is 2.57. The van der Waals surface area contributed by atoms with Gasteiger partial charge in [0.05, 0.1) is 11.9 Å². The third kappa shape index (κ3) is 3.34. The predicted octanol–water partition coefficient (Wildman–Crippen LogP) is 1.33. The Bertz CT molecular complexity index is 451. The first-order valence-electron chi connectivity index (χ1n) is 5.57. The van der Waals surface area contributed by atoms with Crippen molar-refractivity contribution in [1.82, 2.24) is 15.0 Å². The first-order valence-corrected chi connectivity index (χ1v) is 5.57. The van der Waals surface area contributed by atoms with Crippen molar-refractivity contribution in [2.45, 2.75) is 6.42 Å². The molecule has 0 amide bonds. The van der Waals surface area contributed by atoms with Gasteiger partial charge < -0.3 is 0 Å². The molecule has 0 unspecified atom stereocenters. The zero-order valence-corrected chi connectivity index (χ0v) is 9.87. The molecule has 2 rings (SSSR count). The minimum absolute atomic E-state index is 0.852. The van der Waals surface area contributed by atoms with Crippen LogP contribution in [-0.4, -0.2) is 23.6 Å². The quantitative estimate of drug-likeness (QED) is 0.488. The molecule has 0 aliphatic heterocycles. The van der Waals surface area contributed by atoms with Crippen LogP contribution in [0.2, 0.25) is 0 Å². The molecule has 1 radical (unpaired) electrons. The van der Waals surface area contributed by atoms with Crippen LogP contribution < -0.4 is 10.9 Å². The normalized spacial score (nSPS) is 10.8. The summed E-state index contributed by atoms with van der Waals surface area (Å²) < 4.78 is 0. The Labute approximate surface area is 101 Å². The third-order valence-corrected chi connectivity index (χ3v) is 2.57. The van der Waals surface area contributed by atoms with Gasteiger partial charge in [-0.05, 0) is 5.56 Å². The molecule has 0 aliphatic rings. The lowest BCUT2D eigenvalue weighted by Crippen LogP contribution is -2.34. The minimum Gasteiger partial charge on any atom is -0.261 e. The standard InChI is InChI=1S/C13H16N4/c1-17(14)9-6-11-2-4-12(5-3-11)13-10-15-7-8-16-13/h2-5,7-8,10H,6,9,14H2,1H3/q+1. The average Bonchev–Trinajstić information content (AvgIpc) is 2.38. The summed E-state index contributed by atoms with van der Waals surface area (Å²) in [7, 11) is 1.87. The zero-order chi connectivity index (χ0) is 12.1. The molecule has 0 fully saturated rings. The van der Waals surface area contributed by atoms with Gasteiger partial charge in [0, 0.05) is 24.4 Å². The number of benzene rings is 1. The van der Waals surface area contributed by atoms with Crippen molar-refractivity contribution in [1.29, 1.82) is 0 Å². The molecule has 0 aliphatic carbocycles. The van der Waals surface area contributed by atoms with Crippen LogP contribution in [0.4, 0.5) is 0 Å². The molecule has 1 aromatic carbocycles. The van der Waals surface area contributed by atoms with Crippen molar-refractivity contribution >= 4 is 0 Å². The number of hydrazine groups is 1. The number of aromatic nitrogens is 2. The summed E-state index contributed by atoms with van der Waals surface area (Å²) in [6, 6.07) is 8.34. The molecule has 2 aromatic rings. The van der Waals surface area contributed by atoms with E-state index in [4.69, 9.17) is 5.84 Å². The van der Waals surface area contributed by atoms with Crippen LogP contribution in [0.15, 0.2) is 42.9 Å². The first-order chi connectivity index (χ1) is 8.25. The average molecular weight is 228 g/mol. The smallest absolute Gasteiger partial charge is 0.148 e. The summed E-state index contributed by atoms with van der Waals surface area (Å²) in [5.74, 6) is 5.58. The van der Waals surface area contributed by atoms with E-state index in [1.165, 1.54) is 5.56 Å². The highest BCUT2D eigenvalue weighted by Crippen LogP contribution is 2.16. The fourth-order valence-corrected chi connectivity index (χ4v) is 1.60. The maximum atomic E-state index is 5.58. The zero-order valence-electron chi connectivity index (χ0n) is 9.87. The Kier molecular flexibility index (Phi) is 3.80. The van der Waals surface area contributed by atoms with E-state index in [2.05, 4.69) is 34.2 Å². The number of rotatable bonds is 4.